The van der Waals surface area contributed by atoms with Crippen molar-refractivity contribution in [3.8, 4) is 0 Å². The van der Waals surface area contributed by atoms with Crippen molar-refractivity contribution in [1.29, 1.82) is 0 Å². The first-order valence-corrected chi connectivity index (χ1v) is 6.67. The van der Waals surface area contributed by atoms with E-state index in [1.54, 1.807) is 0 Å². The third-order valence-corrected chi connectivity index (χ3v) is 3.81. The van der Waals surface area contributed by atoms with Crippen LogP contribution in [0.25, 0.3) is 0 Å². The first-order valence-electron chi connectivity index (χ1n) is 6.67. The average molecular weight is 288 g/mol. The summed E-state index contributed by atoms with van der Waals surface area (Å²) in [5, 5.41) is 11.9. The van der Waals surface area contributed by atoms with Crippen LogP contribution in [0.15, 0.2) is 30.3 Å². The highest BCUT2D eigenvalue weighted by Crippen LogP contribution is 2.27. The largest absolute Gasteiger partial charge is 0.401 e. The van der Waals surface area contributed by atoms with Gasteiger partial charge in [-0.05, 0) is 25.0 Å². The van der Waals surface area contributed by atoms with Crippen molar-refractivity contribution in [2.75, 3.05) is 31.1 Å². The van der Waals surface area contributed by atoms with Crippen LogP contribution in [0.2, 0.25) is 0 Å². The number of nitrogens with one attached hydrogen (secondary N) is 1. The Labute approximate surface area is 116 Å². The second-order valence-electron chi connectivity index (χ2n) is 5.23. The molecular formula is C14H19F3N2O. The van der Waals surface area contributed by atoms with Gasteiger partial charge in [-0.15, -0.1) is 0 Å². The number of benzene rings is 1. The van der Waals surface area contributed by atoms with Gasteiger partial charge < -0.3 is 15.3 Å². The van der Waals surface area contributed by atoms with E-state index in [1.165, 1.54) is 0 Å². The summed E-state index contributed by atoms with van der Waals surface area (Å²) in [4.78, 5) is 2.13. The molecule has 1 heterocycles. The van der Waals surface area contributed by atoms with Gasteiger partial charge in [0.15, 0.2) is 0 Å². The Hall–Kier alpha value is -1.27. The molecule has 0 unspecified atom stereocenters. The molecule has 112 valence electrons. The van der Waals surface area contributed by atoms with Gasteiger partial charge in [-0.1, -0.05) is 18.2 Å². The van der Waals surface area contributed by atoms with Crippen molar-refractivity contribution in [1.82, 2.24) is 5.32 Å². The number of anilines is 1. The third kappa shape index (κ3) is 3.86. The van der Waals surface area contributed by atoms with Crippen molar-refractivity contribution in [3.63, 3.8) is 0 Å². The summed E-state index contributed by atoms with van der Waals surface area (Å²) in [5.74, 6) is 0. The molecule has 0 spiro atoms. The lowest BCUT2D eigenvalue weighted by molar-refractivity contribution is -0.130. The van der Waals surface area contributed by atoms with Gasteiger partial charge in [-0.3, -0.25) is 0 Å². The Bertz CT molecular complexity index is 414. The van der Waals surface area contributed by atoms with Crippen molar-refractivity contribution < 1.29 is 18.3 Å². The summed E-state index contributed by atoms with van der Waals surface area (Å²) in [7, 11) is 0. The molecule has 1 aromatic rings. The minimum Gasteiger partial charge on any atom is -0.394 e. The van der Waals surface area contributed by atoms with Crippen molar-refractivity contribution in [2.45, 2.75) is 24.6 Å². The molecule has 3 nitrogen and oxygen atoms in total. The van der Waals surface area contributed by atoms with E-state index < -0.39 is 18.3 Å². The standard InChI is InChI=1S/C14H19F3N2O/c15-14(16,17)10-18-13(11-20)6-8-19(9-7-13)12-4-2-1-3-5-12/h1-5,18,20H,6-11H2. The fourth-order valence-electron chi connectivity index (χ4n) is 2.51. The SMILES string of the molecule is OCC1(NCC(F)(F)F)CCN(c2ccccc2)CC1. The fourth-order valence-corrected chi connectivity index (χ4v) is 2.51. The van der Waals surface area contributed by atoms with Crippen LogP contribution in [0.3, 0.4) is 0 Å². The highest BCUT2D eigenvalue weighted by Gasteiger charge is 2.37. The van der Waals surface area contributed by atoms with Crippen molar-refractivity contribution >= 4 is 5.69 Å². The number of aliphatic hydroxyl groups excluding tert-OH is 1. The van der Waals surface area contributed by atoms with Gasteiger partial charge in [0.2, 0.25) is 0 Å². The molecule has 20 heavy (non-hydrogen) atoms. The van der Waals surface area contributed by atoms with Crippen LogP contribution in [-0.4, -0.2) is 43.1 Å². The summed E-state index contributed by atoms with van der Waals surface area (Å²) in [6.07, 6.45) is -3.26. The van der Waals surface area contributed by atoms with Crippen molar-refractivity contribution in [2.24, 2.45) is 0 Å². The van der Waals surface area contributed by atoms with Crippen LogP contribution in [-0.2, 0) is 0 Å². The Morgan fingerprint density at radius 2 is 1.75 bits per heavy atom. The lowest BCUT2D eigenvalue weighted by Gasteiger charge is -2.42. The number of halogens is 3. The number of aliphatic hydroxyl groups is 1. The molecule has 2 rings (SSSR count). The summed E-state index contributed by atoms with van der Waals surface area (Å²) in [6, 6.07) is 9.76. The van der Waals surface area contributed by atoms with E-state index in [0.29, 0.717) is 25.9 Å². The minimum absolute atomic E-state index is 0.272. The number of rotatable bonds is 4. The van der Waals surface area contributed by atoms with Crippen LogP contribution in [0.1, 0.15) is 12.8 Å². The first-order chi connectivity index (χ1) is 9.44. The number of alkyl halides is 3. The summed E-state index contributed by atoms with van der Waals surface area (Å²) in [6.45, 7) is -0.0601. The maximum atomic E-state index is 12.3. The summed E-state index contributed by atoms with van der Waals surface area (Å²) in [5.41, 5.74) is 0.246. The highest BCUT2D eigenvalue weighted by atomic mass is 19.4. The monoisotopic (exact) mass is 288 g/mol. The lowest BCUT2D eigenvalue weighted by Crippen LogP contribution is -2.57. The Morgan fingerprint density at radius 1 is 1.15 bits per heavy atom. The third-order valence-electron chi connectivity index (χ3n) is 3.81. The number of piperidine rings is 1. The van der Waals surface area contributed by atoms with E-state index in [2.05, 4.69) is 10.2 Å². The molecule has 1 aliphatic heterocycles. The van der Waals surface area contributed by atoms with E-state index in [1.807, 2.05) is 30.3 Å². The van der Waals surface area contributed by atoms with Gasteiger partial charge >= 0.3 is 6.18 Å². The zero-order valence-electron chi connectivity index (χ0n) is 11.2. The quantitative estimate of drug-likeness (QED) is 0.891. The molecule has 6 heteroatoms. The molecule has 0 amide bonds. The second-order valence-corrected chi connectivity index (χ2v) is 5.23. The van der Waals surface area contributed by atoms with E-state index in [9.17, 15) is 18.3 Å². The molecule has 0 atom stereocenters. The minimum atomic E-state index is -4.25. The molecule has 0 radical (unpaired) electrons. The van der Waals surface area contributed by atoms with E-state index in [-0.39, 0.29) is 6.61 Å². The average Bonchev–Trinajstić information content (AvgIpc) is 2.46. The topological polar surface area (TPSA) is 35.5 Å². The van der Waals surface area contributed by atoms with Gasteiger partial charge in [-0.2, -0.15) is 13.2 Å². The van der Waals surface area contributed by atoms with Crippen molar-refractivity contribution in [3.05, 3.63) is 30.3 Å². The molecule has 0 saturated carbocycles. The van der Waals surface area contributed by atoms with E-state index in [4.69, 9.17) is 0 Å². The van der Waals surface area contributed by atoms with Crippen LogP contribution < -0.4 is 10.2 Å². The van der Waals surface area contributed by atoms with Crippen LogP contribution in [0.4, 0.5) is 18.9 Å². The zero-order chi connectivity index (χ0) is 14.6. The molecule has 2 N–H and O–H groups in total. The van der Waals surface area contributed by atoms with E-state index >= 15 is 0 Å². The highest BCUT2D eigenvalue weighted by molar-refractivity contribution is 5.46. The predicted molar refractivity (Wildman–Crippen MR) is 71.8 cm³/mol. The smallest absolute Gasteiger partial charge is 0.394 e. The van der Waals surface area contributed by atoms with Crippen LogP contribution in [0.5, 0.6) is 0 Å². The molecule has 0 aromatic heterocycles. The molecule has 1 fully saturated rings. The lowest BCUT2D eigenvalue weighted by atomic mass is 9.88. The fraction of sp³-hybridized carbons (Fsp3) is 0.571. The van der Waals surface area contributed by atoms with Gasteiger partial charge in [0.1, 0.15) is 0 Å². The number of hydrogen-bond donors (Lipinski definition) is 2. The molecule has 1 saturated heterocycles. The summed E-state index contributed by atoms with van der Waals surface area (Å²) >= 11 is 0. The predicted octanol–water partition coefficient (Wildman–Crippen LogP) is 2.17. The maximum Gasteiger partial charge on any atom is 0.401 e. The zero-order valence-corrected chi connectivity index (χ0v) is 11.2. The Morgan fingerprint density at radius 3 is 2.25 bits per heavy atom. The van der Waals surface area contributed by atoms with Gasteiger partial charge in [-0.25, -0.2) is 0 Å². The van der Waals surface area contributed by atoms with Gasteiger partial charge in [0, 0.05) is 24.3 Å². The van der Waals surface area contributed by atoms with E-state index in [0.717, 1.165) is 5.69 Å². The van der Waals surface area contributed by atoms with Gasteiger partial charge in [0.25, 0.3) is 0 Å². The maximum absolute atomic E-state index is 12.3. The molecule has 0 aliphatic carbocycles. The molecule has 1 aliphatic rings. The Kier molecular flexibility index (Phi) is 4.55. The van der Waals surface area contributed by atoms with Gasteiger partial charge in [0.05, 0.1) is 13.2 Å². The molecular weight excluding hydrogens is 269 g/mol. The second kappa shape index (κ2) is 6.01. The summed E-state index contributed by atoms with van der Waals surface area (Å²) < 4.78 is 36.9. The van der Waals surface area contributed by atoms with Crippen LogP contribution >= 0.6 is 0 Å². The first kappa shape index (κ1) is 15.1. The normalized spacial score (nSPS) is 19.1. The number of nitrogens with zero attached hydrogens (tertiary/aromatic N) is 1. The number of hydrogen-bond acceptors (Lipinski definition) is 3. The molecule has 1 aromatic carbocycles. The van der Waals surface area contributed by atoms with Crippen LogP contribution in [0, 0.1) is 0 Å². The Balaban J connectivity index is 1.94. The number of para-hydroxylation sites is 1. The molecule has 0 bridgehead atoms.